The fraction of sp³-hybridized carbons (Fsp3) is 0.387. The summed E-state index contributed by atoms with van der Waals surface area (Å²) >= 11 is 0. The lowest BCUT2D eigenvalue weighted by Crippen LogP contribution is -2.22. The highest BCUT2D eigenvalue weighted by Gasteiger charge is 2.23. The fourth-order valence-electron chi connectivity index (χ4n) is 4.42. The van der Waals surface area contributed by atoms with Gasteiger partial charge in [0.25, 0.3) is 0 Å². The molecule has 0 bridgehead atoms. The van der Waals surface area contributed by atoms with Crippen LogP contribution in [0.1, 0.15) is 71.4 Å². The standard InChI is InChI=1S/C31H40N2O/c1-6-7-18-30(29(24(4)25(5)34)21-28-22(2)19-20-23(28)3)32-33-31(26-14-10-8-11-15-26)27-16-12-9-13-17-27/h8-18,21-22,24-25,32,34H,6-7,19-20H2,1-5H3/b29-21-,30-18-/t22-,24?,25?/m1/s1. The van der Waals surface area contributed by atoms with Crippen LogP contribution in [0.2, 0.25) is 0 Å². The molecule has 180 valence electrons. The fourth-order valence-corrected chi connectivity index (χ4v) is 4.42. The number of benzene rings is 2. The average Bonchev–Trinajstić information content (AvgIpc) is 3.17. The van der Waals surface area contributed by atoms with Gasteiger partial charge in [-0.15, -0.1) is 0 Å². The van der Waals surface area contributed by atoms with Crippen molar-refractivity contribution in [1.82, 2.24) is 5.43 Å². The van der Waals surface area contributed by atoms with E-state index in [1.807, 2.05) is 43.3 Å². The largest absolute Gasteiger partial charge is 0.393 e. The van der Waals surface area contributed by atoms with Gasteiger partial charge in [0.2, 0.25) is 0 Å². The minimum absolute atomic E-state index is 0.0178. The first-order valence-electron chi connectivity index (χ1n) is 12.7. The quantitative estimate of drug-likeness (QED) is 0.222. The molecule has 0 spiro atoms. The van der Waals surface area contributed by atoms with Crippen molar-refractivity contribution in [3.8, 4) is 0 Å². The van der Waals surface area contributed by atoms with Crippen molar-refractivity contribution in [3.63, 3.8) is 0 Å². The van der Waals surface area contributed by atoms with Gasteiger partial charge in [0.15, 0.2) is 0 Å². The van der Waals surface area contributed by atoms with Crippen molar-refractivity contribution in [2.75, 3.05) is 0 Å². The first kappa shape index (κ1) is 25.7. The number of nitrogens with zero attached hydrogens (tertiary/aromatic N) is 1. The van der Waals surface area contributed by atoms with Crippen LogP contribution in [-0.2, 0) is 0 Å². The second-order valence-electron chi connectivity index (χ2n) is 9.52. The summed E-state index contributed by atoms with van der Waals surface area (Å²) in [6.07, 6.45) is 8.43. The molecule has 0 aromatic heterocycles. The van der Waals surface area contributed by atoms with Crippen LogP contribution in [0.3, 0.4) is 0 Å². The van der Waals surface area contributed by atoms with E-state index in [1.165, 1.54) is 17.6 Å². The number of aliphatic hydroxyl groups is 1. The van der Waals surface area contributed by atoms with Crippen molar-refractivity contribution in [2.45, 2.75) is 66.4 Å². The molecule has 3 rings (SSSR count). The first-order valence-corrected chi connectivity index (χ1v) is 12.7. The van der Waals surface area contributed by atoms with Crippen LogP contribution in [0.4, 0.5) is 0 Å². The van der Waals surface area contributed by atoms with E-state index in [4.69, 9.17) is 5.10 Å². The van der Waals surface area contributed by atoms with Crippen LogP contribution >= 0.6 is 0 Å². The number of unbranched alkanes of at least 4 members (excludes halogenated alkanes) is 1. The summed E-state index contributed by atoms with van der Waals surface area (Å²) in [7, 11) is 0. The number of rotatable bonds is 10. The molecular weight excluding hydrogens is 416 g/mol. The zero-order valence-electron chi connectivity index (χ0n) is 21.4. The molecule has 3 atom stereocenters. The van der Waals surface area contributed by atoms with Crippen LogP contribution in [0.25, 0.3) is 0 Å². The van der Waals surface area contributed by atoms with E-state index in [0.717, 1.165) is 47.4 Å². The molecule has 0 fully saturated rings. The lowest BCUT2D eigenvalue weighted by Gasteiger charge is -2.23. The van der Waals surface area contributed by atoms with Gasteiger partial charge < -0.3 is 5.11 Å². The van der Waals surface area contributed by atoms with Gasteiger partial charge in [-0.05, 0) is 50.2 Å². The Hall–Kier alpha value is -2.91. The minimum Gasteiger partial charge on any atom is -0.393 e. The number of allylic oxidation sites excluding steroid dienone is 5. The summed E-state index contributed by atoms with van der Waals surface area (Å²) in [6.45, 7) is 10.7. The normalized spacial score (nSPS) is 18.6. The molecule has 0 amide bonds. The molecule has 0 saturated carbocycles. The molecule has 1 aliphatic carbocycles. The van der Waals surface area contributed by atoms with Gasteiger partial charge in [0.1, 0.15) is 0 Å². The van der Waals surface area contributed by atoms with Crippen molar-refractivity contribution >= 4 is 5.71 Å². The summed E-state index contributed by atoms with van der Waals surface area (Å²) in [5.74, 6) is 0.520. The third-order valence-electron chi connectivity index (χ3n) is 6.83. The third kappa shape index (κ3) is 6.57. The molecule has 0 radical (unpaired) electrons. The average molecular weight is 457 g/mol. The van der Waals surface area contributed by atoms with Crippen molar-refractivity contribution in [1.29, 1.82) is 0 Å². The summed E-state index contributed by atoms with van der Waals surface area (Å²) in [4.78, 5) is 0. The highest BCUT2D eigenvalue weighted by molar-refractivity contribution is 6.12. The molecule has 2 aromatic rings. The highest BCUT2D eigenvalue weighted by Crippen LogP contribution is 2.35. The van der Waals surface area contributed by atoms with Gasteiger partial charge in [0, 0.05) is 17.0 Å². The van der Waals surface area contributed by atoms with Crippen LogP contribution in [0.15, 0.2) is 100 Å². The highest BCUT2D eigenvalue weighted by atomic mass is 16.3. The second-order valence-corrected chi connectivity index (χ2v) is 9.52. The summed E-state index contributed by atoms with van der Waals surface area (Å²) in [5.41, 5.74) is 11.4. The molecule has 0 heterocycles. The summed E-state index contributed by atoms with van der Waals surface area (Å²) < 4.78 is 0. The summed E-state index contributed by atoms with van der Waals surface area (Å²) in [6, 6.07) is 20.6. The third-order valence-corrected chi connectivity index (χ3v) is 6.83. The zero-order chi connectivity index (χ0) is 24.5. The van der Waals surface area contributed by atoms with Crippen LogP contribution in [0.5, 0.6) is 0 Å². The molecule has 3 heteroatoms. The SMILES string of the molecule is CCC/C=C(NN=C(c1ccccc1)c1ccccc1)/C(=C\C1=C(C)CC[C@H]1C)C(C)C(C)O. The van der Waals surface area contributed by atoms with E-state index in [1.54, 1.807) is 0 Å². The van der Waals surface area contributed by atoms with Crippen LogP contribution in [0, 0.1) is 11.8 Å². The van der Waals surface area contributed by atoms with Crippen molar-refractivity contribution < 1.29 is 5.11 Å². The molecule has 0 aliphatic heterocycles. The van der Waals surface area contributed by atoms with Gasteiger partial charge in [-0.1, -0.05) is 106 Å². The van der Waals surface area contributed by atoms with E-state index in [2.05, 4.69) is 69.5 Å². The van der Waals surface area contributed by atoms with Gasteiger partial charge >= 0.3 is 0 Å². The van der Waals surface area contributed by atoms with Gasteiger partial charge in [-0.3, -0.25) is 5.43 Å². The predicted octanol–water partition coefficient (Wildman–Crippen LogP) is 7.40. The van der Waals surface area contributed by atoms with Gasteiger partial charge in [-0.2, -0.15) is 5.10 Å². The van der Waals surface area contributed by atoms with Crippen LogP contribution < -0.4 is 5.43 Å². The number of hydrogen-bond acceptors (Lipinski definition) is 3. The topological polar surface area (TPSA) is 44.6 Å². The molecule has 2 unspecified atom stereocenters. The molecule has 2 aromatic carbocycles. The monoisotopic (exact) mass is 456 g/mol. The smallest absolute Gasteiger partial charge is 0.0977 e. The lowest BCUT2D eigenvalue weighted by atomic mass is 9.89. The molecule has 2 N–H and O–H groups in total. The Kier molecular flexibility index (Phi) is 9.47. The maximum atomic E-state index is 10.6. The van der Waals surface area contributed by atoms with Crippen molar-refractivity contribution in [2.24, 2.45) is 16.9 Å². The second kappa shape index (κ2) is 12.5. The molecular formula is C31H40N2O. The Bertz CT molecular complexity index is 1000. The van der Waals surface area contributed by atoms with E-state index in [0.29, 0.717) is 5.92 Å². The first-order chi connectivity index (χ1) is 16.4. The van der Waals surface area contributed by atoms with Gasteiger partial charge in [-0.25, -0.2) is 0 Å². The Morgan fingerprint density at radius 3 is 2.12 bits per heavy atom. The number of hydrogen-bond donors (Lipinski definition) is 2. The Balaban J connectivity index is 2.08. The van der Waals surface area contributed by atoms with Crippen molar-refractivity contribution in [3.05, 3.63) is 106 Å². The maximum absolute atomic E-state index is 10.6. The van der Waals surface area contributed by atoms with E-state index in [9.17, 15) is 5.11 Å². The number of hydrazone groups is 1. The summed E-state index contributed by atoms with van der Waals surface area (Å²) in [5, 5.41) is 15.5. The molecule has 1 aliphatic rings. The molecule has 34 heavy (non-hydrogen) atoms. The maximum Gasteiger partial charge on any atom is 0.0977 e. The number of nitrogens with one attached hydrogen (secondary N) is 1. The Labute approximate surface area is 206 Å². The Morgan fingerprint density at radius 2 is 1.65 bits per heavy atom. The van der Waals surface area contributed by atoms with E-state index in [-0.39, 0.29) is 5.92 Å². The number of aliphatic hydroxyl groups excluding tert-OH is 1. The minimum atomic E-state index is -0.456. The lowest BCUT2D eigenvalue weighted by molar-refractivity contribution is 0.152. The van der Waals surface area contributed by atoms with E-state index < -0.39 is 6.10 Å². The Morgan fingerprint density at radius 1 is 1.06 bits per heavy atom. The molecule has 3 nitrogen and oxygen atoms in total. The van der Waals surface area contributed by atoms with Gasteiger partial charge in [0.05, 0.1) is 17.5 Å². The predicted molar refractivity (Wildman–Crippen MR) is 145 cm³/mol. The molecule has 0 saturated heterocycles. The zero-order valence-corrected chi connectivity index (χ0v) is 21.4. The van der Waals surface area contributed by atoms with Crippen LogP contribution in [-0.4, -0.2) is 16.9 Å². The van der Waals surface area contributed by atoms with E-state index >= 15 is 0 Å².